The predicted molar refractivity (Wildman–Crippen MR) is 72.6 cm³/mol. The topological polar surface area (TPSA) is 46.2 Å². The van der Waals surface area contributed by atoms with Crippen LogP contribution in [0, 0.1) is 0 Å². The van der Waals surface area contributed by atoms with E-state index in [-0.39, 0.29) is 0 Å². The van der Waals surface area contributed by atoms with E-state index in [4.69, 9.17) is 0 Å². The number of sulfonamides is 1. The Morgan fingerprint density at radius 2 is 2.11 bits per heavy atom. The van der Waals surface area contributed by atoms with Gasteiger partial charge in [0, 0.05) is 5.70 Å². The SMILES string of the molecule is CCc1cccc(S(=O)(=O)NC2=CCCC=C2)c1. The minimum absolute atomic E-state index is 0.321. The van der Waals surface area contributed by atoms with Gasteiger partial charge in [-0.3, -0.25) is 4.72 Å². The van der Waals surface area contributed by atoms with Crippen molar-refractivity contribution in [2.45, 2.75) is 31.1 Å². The summed E-state index contributed by atoms with van der Waals surface area (Å²) in [6.45, 7) is 2.01. The van der Waals surface area contributed by atoms with Crippen LogP contribution >= 0.6 is 0 Å². The van der Waals surface area contributed by atoms with Crippen LogP contribution in [0.4, 0.5) is 0 Å². The van der Waals surface area contributed by atoms with Crippen molar-refractivity contribution in [3.8, 4) is 0 Å². The van der Waals surface area contributed by atoms with Gasteiger partial charge in [0.1, 0.15) is 0 Å². The van der Waals surface area contributed by atoms with Gasteiger partial charge in [0.2, 0.25) is 0 Å². The molecule has 0 unspecified atom stereocenters. The Morgan fingerprint density at radius 1 is 1.28 bits per heavy atom. The minimum Gasteiger partial charge on any atom is -0.280 e. The van der Waals surface area contributed by atoms with Crippen LogP contribution < -0.4 is 4.72 Å². The largest absolute Gasteiger partial charge is 0.280 e. The first-order valence-corrected chi connectivity index (χ1v) is 7.58. The van der Waals surface area contributed by atoms with Crippen LogP contribution in [0.3, 0.4) is 0 Å². The Morgan fingerprint density at radius 3 is 2.78 bits per heavy atom. The molecular weight excluding hydrogens is 246 g/mol. The van der Waals surface area contributed by atoms with Crippen molar-refractivity contribution >= 4 is 10.0 Å². The minimum atomic E-state index is -3.46. The summed E-state index contributed by atoms with van der Waals surface area (Å²) in [7, 11) is -3.46. The number of aryl methyl sites for hydroxylation is 1. The number of benzene rings is 1. The van der Waals surface area contributed by atoms with Gasteiger partial charge >= 0.3 is 0 Å². The summed E-state index contributed by atoms with van der Waals surface area (Å²) in [5.41, 5.74) is 1.68. The zero-order valence-electron chi connectivity index (χ0n) is 10.4. The van der Waals surface area contributed by atoms with Crippen molar-refractivity contribution in [1.29, 1.82) is 0 Å². The Balaban J connectivity index is 2.24. The average molecular weight is 263 g/mol. The fraction of sp³-hybridized carbons (Fsp3) is 0.286. The summed E-state index contributed by atoms with van der Waals surface area (Å²) in [5, 5.41) is 0. The van der Waals surface area contributed by atoms with E-state index >= 15 is 0 Å². The molecule has 0 atom stereocenters. The Kier molecular flexibility index (Phi) is 3.87. The summed E-state index contributed by atoms with van der Waals surface area (Å²) >= 11 is 0. The molecule has 0 aliphatic heterocycles. The number of nitrogens with one attached hydrogen (secondary N) is 1. The van der Waals surface area contributed by atoms with Crippen LogP contribution in [0.15, 0.2) is 53.1 Å². The average Bonchev–Trinajstić information content (AvgIpc) is 2.39. The molecule has 0 amide bonds. The van der Waals surface area contributed by atoms with E-state index in [1.54, 1.807) is 18.2 Å². The molecule has 0 heterocycles. The van der Waals surface area contributed by atoms with Crippen molar-refractivity contribution in [2.75, 3.05) is 0 Å². The molecule has 1 aromatic carbocycles. The second kappa shape index (κ2) is 5.40. The Labute approximate surface area is 108 Å². The maximum atomic E-state index is 12.2. The van der Waals surface area contributed by atoms with Gasteiger partial charge in [-0.1, -0.05) is 31.2 Å². The Bertz CT molecular complexity index is 586. The molecule has 0 saturated carbocycles. The highest BCUT2D eigenvalue weighted by molar-refractivity contribution is 7.89. The molecule has 2 rings (SSSR count). The van der Waals surface area contributed by atoms with Gasteiger partial charge in [-0.15, -0.1) is 0 Å². The third-order valence-electron chi connectivity index (χ3n) is 2.86. The molecule has 0 fully saturated rings. The molecule has 1 N–H and O–H groups in total. The van der Waals surface area contributed by atoms with E-state index in [9.17, 15) is 8.42 Å². The summed E-state index contributed by atoms with van der Waals surface area (Å²) in [5.74, 6) is 0. The van der Waals surface area contributed by atoms with E-state index < -0.39 is 10.0 Å². The molecule has 0 saturated heterocycles. The van der Waals surface area contributed by atoms with E-state index in [2.05, 4.69) is 4.72 Å². The second-order valence-electron chi connectivity index (χ2n) is 4.25. The smallest absolute Gasteiger partial charge is 0.261 e. The zero-order valence-corrected chi connectivity index (χ0v) is 11.2. The Hall–Kier alpha value is -1.55. The van der Waals surface area contributed by atoms with Crippen LogP contribution in [0.2, 0.25) is 0 Å². The van der Waals surface area contributed by atoms with Crippen LogP contribution in [0.1, 0.15) is 25.3 Å². The first kappa shape index (κ1) is 12.9. The van der Waals surface area contributed by atoms with Gasteiger partial charge < -0.3 is 0 Å². The molecule has 3 nitrogen and oxygen atoms in total. The van der Waals surface area contributed by atoms with Crippen LogP contribution in [0.5, 0.6) is 0 Å². The standard InChI is InChI=1S/C14H17NO2S/c1-2-12-7-6-10-14(11-12)18(16,17)15-13-8-4-3-5-9-13/h4,6-11,15H,2-3,5H2,1H3. The molecule has 0 spiro atoms. The lowest BCUT2D eigenvalue weighted by atomic mass is 10.2. The summed E-state index contributed by atoms with van der Waals surface area (Å²) < 4.78 is 27.0. The van der Waals surface area contributed by atoms with Gasteiger partial charge in [-0.05, 0) is 43.0 Å². The highest BCUT2D eigenvalue weighted by Crippen LogP contribution is 2.15. The molecule has 96 valence electrons. The fourth-order valence-corrected chi connectivity index (χ4v) is 2.98. The highest BCUT2D eigenvalue weighted by atomic mass is 32.2. The normalized spacial score (nSPS) is 15.3. The summed E-state index contributed by atoms with van der Waals surface area (Å²) in [6, 6.07) is 7.04. The summed E-state index contributed by atoms with van der Waals surface area (Å²) in [6.07, 6.45) is 8.36. The second-order valence-corrected chi connectivity index (χ2v) is 5.93. The van der Waals surface area contributed by atoms with Gasteiger partial charge in [0.15, 0.2) is 0 Å². The molecular formula is C14H17NO2S. The maximum Gasteiger partial charge on any atom is 0.261 e. The predicted octanol–water partition coefficient (Wildman–Crippen LogP) is 2.76. The molecule has 4 heteroatoms. The van der Waals surface area contributed by atoms with E-state index in [0.717, 1.165) is 24.8 Å². The molecule has 0 aromatic heterocycles. The first-order chi connectivity index (χ1) is 8.62. The van der Waals surface area contributed by atoms with Crippen molar-refractivity contribution < 1.29 is 8.42 Å². The number of allylic oxidation sites excluding steroid dienone is 3. The fourth-order valence-electron chi connectivity index (χ4n) is 1.84. The number of hydrogen-bond acceptors (Lipinski definition) is 2. The highest BCUT2D eigenvalue weighted by Gasteiger charge is 2.15. The van der Waals surface area contributed by atoms with Crippen LogP contribution in [-0.2, 0) is 16.4 Å². The maximum absolute atomic E-state index is 12.2. The molecule has 0 radical (unpaired) electrons. The lowest BCUT2D eigenvalue weighted by Crippen LogP contribution is -2.23. The van der Waals surface area contributed by atoms with Crippen molar-refractivity contribution in [3.05, 3.63) is 53.8 Å². The lowest BCUT2D eigenvalue weighted by molar-refractivity contribution is 0.589. The lowest BCUT2D eigenvalue weighted by Gasteiger charge is -2.11. The van der Waals surface area contributed by atoms with E-state index in [0.29, 0.717) is 10.6 Å². The molecule has 0 bridgehead atoms. The van der Waals surface area contributed by atoms with Gasteiger partial charge in [0.25, 0.3) is 10.0 Å². The number of hydrogen-bond donors (Lipinski definition) is 1. The molecule has 1 aliphatic carbocycles. The van der Waals surface area contributed by atoms with Gasteiger partial charge in [-0.25, -0.2) is 8.42 Å². The van der Waals surface area contributed by atoms with E-state index in [1.165, 1.54) is 0 Å². The van der Waals surface area contributed by atoms with Crippen molar-refractivity contribution in [2.24, 2.45) is 0 Å². The third-order valence-corrected chi connectivity index (χ3v) is 4.24. The number of rotatable bonds is 4. The summed E-state index contributed by atoms with van der Waals surface area (Å²) in [4.78, 5) is 0.321. The quantitative estimate of drug-likeness (QED) is 0.908. The third kappa shape index (κ3) is 3.01. The van der Waals surface area contributed by atoms with Gasteiger partial charge in [0.05, 0.1) is 4.90 Å². The molecule has 1 aliphatic rings. The molecule has 1 aromatic rings. The zero-order chi connectivity index (χ0) is 13.0. The van der Waals surface area contributed by atoms with Crippen molar-refractivity contribution in [1.82, 2.24) is 4.72 Å². The molecule has 18 heavy (non-hydrogen) atoms. The van der Waals surface area contributed by atoms with E-state index in [1.807, 2.05) is 31.2 Å². The van der Waals surface area contributed by atoms with Crippen LogP contribution in [-0.4, -0.2) is 8.42 Å². The monoisotopic (exact) mass is 263 g/mol. The van der Waals surface area contributed by atoms with Crippen molar-refractivity contribution in [3.63, 3.8) is 0 Å². The van der Waals surface area contributed by atoms with Crippen LogP contribution in [0.25, 0.3) is 0 Å². The first-order valence-electron chi connectivity index (χ1n) is 6.10. The van der Waals surface area contributed by atoms with Gasteiger partial charge in [-0.2, -0.15) is 0 Å².